The van der Waals surface area contributed by atoms with Crippen LogP contribution in [0.4, 0.5) is 4.39 Å². The van der Waals surface area contributed by atoms with Crippen molar-refractivity contribution in [3.05, 3.63) is 54.1 Å². The van der Waals surface area contributed by atoms with Crippen molar-refractivity contribution < 1.29 is 13.4 Å². The number of Topliss-reactive ketones (excluding diaryl/α,β-unsaturated/α-hetero) is 1. The Morgan fingerprint density at radius 1 is 1.33 bits per heavy atom. The van der Waals surface area contributed by atoms with Gasteiger partial charge >= 0.3 is 0 Å². The van der Waals surface area contributed by atoms with Crippen molar-refractivity contribution >= 4 is 16.6 Å². The molecule has 0 N–H and O–H groups in total. The zero-order valence-corrected chi connectivity index (χ0v) is 10.6. The molecule has 0 aliphatic carbocycles. The van der Waals surface area contributed by atoms with Crippen molar-refractivity contribution in [2.45, 2.75) is 11.4 Å². The molecular weight excluding hydrogens is 253 g/mol. The van der Waals surface area contributed by atoms with E-state index in [-0.39, 0.29) is 17.9 Å². The summed E-state index contributed by atoms with van der Waals surface area (Å²) in [6.45, 7) is 0.112. The van der Waals surface area contributed by atoms with E-state index in [1.54, 1.807) is 29.1 Å². The number of hydrogen-bond acceptors (Lipinski definition) is 2. The lowest BCUT2D eigenvalue weighted by Gasteiger charge is -2.07. The molecule has 0 aliphatic heterocycles. The van der Waals surface area contributed by atoms with Gasteiger partial charge in [0.2, 0.25) is 0 Å². The summed E-state index contributed by atoms with van der Waals surface area (Å²) in [6, 6.07) is 7.36. The van der Waals surface area contributed by atoms with Crippen molar-refractivity contribution in [1.82, 2.24) is 4.57 Å². The molecule has 1 heterocycles. The fourth-order valence-electron chi connectivity index (χ4n) is 1.70. The van der Waals surface area contributed by atoms with Gasteiger partial charge in [0.1, 0.15) is 5.82 Å². The van der Waals surface area contributed by atoms with Gasteiger partial charge in [-0.05, 0) is 30.3 Å². The Bertz CT molecular complexity index is 593. The molecule has 0 saturated carbocycles. The fourth-order valence-corrected chi connectivity index (χ4v) is 2.44. The van der Waals surface area contributed by atoms with Gasteiger partial charge in [0.25, 0.3) is 0 Å². The smallest absolute Gasteiger partial charge is 0.183 e. The van der Waals surface area contributed by atoms with Gasteiger partial charge in [-0.15, -0.1) is 0 Å². The second kappa shape index (κ2) is 5.27. The lowest BCUT2D eigenvalue weighted by Crippen LogP contribution is -2.12. The summed E-state index contributed by atoms with van der Waals surface area (Å²) in [7, 11) is -1.31. The van der Waals surface area contributed by atoms with Gasteiger partial charge in [0.05, 0.1) is 17.3 Å². The van der Waals surface area contributed by atoms with E-state index in [1.807, 2.05) is 0 Å². The highest BCUT2D eigenvalue weighted by Crippen LogP contribution is 2.16. The first-order valence-electron chi connectivity index (χ1n) is 5.35. The molecule has 94 valence electrons. The van der Waals surface area contributed by atoms with Gasteiger partial charge in [-0.1, -0.05) is 0 Å². The van der Waals surface area contributed by atoms with Gasteiger partial charge in [-0.3, -0.25) is 9.00 Å². The van der Waals surface area contributed by atoms with Crippen molar-refractivity contribution in [2.75, 3.05) is 6.26 Å². The highest BCUT2D eigenvalue weighted by Gasteiger charge is 2.15. The molecule has 0 saturated heterocycles. The van der Waals surface area contributed by atoms with Crippen LogP contribution in [0.25, 0.3) is 0 Å². The third kappa shape index (κ3) is 2.73. The summed E-state index contributed by atoms with van der Waals surface area (Å²) in [5.74, 6) is -0.754. The van der Waals surface area contributed by atoms with E-state index in [0.29, 0.717) is 4.90 Å². The van der Waals surface area contributed by atoms with Gasteiger partial charge in [-0.2, -0.15) is 0 Å². The fraction of sp³-hybridized carbons (Fsp3) is 0.154. The van der Waals surface area contributed by atoms with Gasteiger partial charge in [-0.25, -0.2) is 4.39 Å². The summed E-state index contributed by atoms with van der Waals surface area (Å²) in [6.07, 6.45) is 4.97. The summed E-state index contributed by atoms with van der Waals surface area (Å²) < 4.78 is 26.4. The predicted molar refractivity (Wildman–Crippen MR) is 67.5 cm³/mol. The topological polar surface area (TPSA) is 39.1 Å². The number of carbonyl (C=O) groups is 1. The number of nitrogens with zero attached hydrogens (tertiary/aromatic N) is 1. The molecule has 0 spiro atoms. The van der Waals surface area contributed by atoms with Crippen LogP contribution in [0.3, 0.4) is 0 Å². The van der Waals surface area contributed by atoms with Crippen LogP contribution in [-0.4, -0.2) is 20.8 Å². The van der Waals surface area contributed by atoms with Crippen LogP contribution >= 0.6 is 0 Å². The average molecular weight is 265 g/mol. The van der Waals surface area contributed by atoms with E-state index >= 15 is 0 Å². The number of hydrogen-bond donors (Lipinski definition) is 0. The molecule has 0 bridgehead atoms. The Morgan fingerprint density at radius 3 is 2.61 bits per heavy atom. The Balaban J connectivity index is 2.34. The zero-order valence-electron chi connectivity index (χ0n) is 9.80. The van der Waals surface area contributed by atoms with Crippen LogP contribution in [-0.2, 0) is 17.3 Å². The highest BCUT2D eigenvalue weighted by molar-refractivity contribution is 7.84. The van der Waals surface area contributed by atoms with Crippen LogP contribution in [0.1, 0.15) is 10.4 Å². The molecule has 0 radical (unpaired) electrons. The quantitative estimate of drug-likeness (QED) is 0.795. The third-order valence-corrected chi connectivity index (χ3v) is 3.52. The van der Waals surface area contributed by atoms with E-state index in [9.17, 15) is 13.4 Å². The molecule has 18 heavy (non-hydrogen) atoms. The molecule has 0 aliphatic rings. The number of carbonyl (C=O) groups excluding carboxylic acids is 1. The largest absolute Gasteiger partial charge is 0.347 e. The zero-order chi connectivity index (χ0) is 13.1. The molecule has 1 atom stereocenters. The van der Waals surface area contributed by atoms with Crippen LogP contribution < -0.4 is 0 Å². The number of rotatable bonds is 4. The summed E-state index contributed by atoms with van der Waals surface area (Å²) in [5.41, 5.74) is 0.185. The predicted octanol–water partition coefficient (Wildman–Crippen LogP) is 2.25. The molecule has 2 rings (SSSR count). The molecule has 5 heteroatoms. The van der Waals surface area contributed by atoms with Crippen LogP contribution in [0, 0.1) is 5.82 Å². The normalized spacial score (nSPS) is 12.3. The van der Waals surface area contributed by atoms with Crippen LogP contribution in [0.15, 0.2) is 47.6 Å². The van der Waals surface area contributed by atoms with Crippen molar-refractivity contribution in [3.8, 4) is 0 Å². The second-order valence-electron chi connectivity index (χ2n) is 3.87. The summed E-state index contributed by atoms with van der Waals surface area (Å²) >= 11 is 0. The highest BCUT2D eigenvalue weighted by atomic mass is 32.2. The molecule has 1 aromatic heterocycles. The molecule has 3 nitrogen and oxygen atoms in total. The molecule has 0 unspecified atom stereocenters. The van der Waals surface area contributed by atoms with Gasteiger partial charge in [0, 0.05) is 29.1 Å². The Hall–Kier alpha value is -1.75. The van der Waals surface area contributed by atoms with E-state index in [4.69, 9.17) is 0 Å². The molecule has 0 amide bonds. The van der Waals surface area contributed by atoms with E-state index in [2.05, 4.69) is 0 Å². The lowest BCUT2D eigenvalue weighted by atomic mass is 10.1. The van der Waals surface area contributed by atoms with Crippen molar-refractivity contribution in [3.63, 3.8) is 0 Å². The molecule has 1 aromatic carbocycles. The maximum Gasteiger partial charge on any atom is 0.183 e. The number of halogens is 1. The summed E-state index contributed by atoms with van der Waals surface area (Å²) in [5, 5.41) is 0. The van der Waals surface area contributed by atoms with Crippen LogP contribution in [0.5, 0.6) is 0 Å². The molecule has 0 fully saturated rings. The first-order valence-corrected chi connectivity index (χ1v) is 6.90. The monoisotopic (exact) mass is 265 g/mol. The SMILES string of the molecule is C[S@@](=O)c1ccc(F)cc1C(=O)Cn1cccc1. The van der Waals surface area contributed by atoms with Crippen molar-refractivity contribution in [1.29, 1.82) is 0 Å². The minimum atomic E-state index is -1.31. The van der Waals surface area contributed by atoms with Crippen molar-refractivity contribution in [2.24, 2.45) is 0 Å². The Kier molecular flexibility index (Phi) is 3.72. The Morgan fingerprint density at radius 2 is 2.00 bits per heavy atom. The van der Waals surface area contributed by atoms with E-state index < -0.39 is 16.6 Å². The van der Waals surface area contributed by atoms with E-state index in [1.165, 1.54) is 18.4 Å². The maximum absolute atomic E-state index is 13.2. The second-order valence-corrected chi connectivity index (χ2v) is 5.22. The summed E-state index contributed by atoms with van der Waals surface area (Å²) in [4.78, 5) is 12.4. The molecule has 2 aromatic rings. The molecular formula is C13H12FNO2S. The third-order valence-electron chi connectivity index (χ3n) is 2.54. The standard InChI is InChI=1S/C13H12FNO2S/c1-18(17)13-5-4-10(14)8-11(13)12(16)9-15-6-2-3-7-15/h2-8H,9H2,1H3/t18-/m1/s1. The Labute approximate surface area is 107 Å². The maximum atomic E-state index is 13.2. The first-order chi connectivity index (χ1) is 8.58. The minimum absolute atomic E-state index is 0.112. The average Bonchev–Trinajstić information content (AvgIpc) is 2.81. The lowest BCUT2D eigenvalue weighted by molar-refractivity contribution is 0.0969. The number of ketones is 1. The number of aromatic nitrogens is 1. The minimum Gasteiger partial charge on any atom is -0.347 e. The number of benzene rings is 1. The first kappa shape index (κ1) is 12.7. The van der Waals surface area contributed by atoms with E-state index in [0.717, 1.165) is 6.07 Å². The van der Waals surface area contributed by atoms with Gasteiger partial charge < -0.3 is 4.57 Å². The van der Waals surface area contributed by atoms with Gasteiger partial charge in [0.15, 0.2) is 5.78 Å². The van der Waals surface area contributed by atoms with Crippen LogP contribution in [0.2, 0.25) is 0 Å².